The number of para-hydroxylation sites is 2. The van der Waals surface area contributed by atoms with E-state index in [9.17, 15) is 9.59 Å². The molecule has 0 saturated carbocycles. The molecule has 0 N–H and O–H groups in total. The molecule has 0 unspecified atom stereocenters. The highest BCUT2D eigenvalue weighted by Gasteiger charge is 2.40. The standard InChI is InChI=1S/C21H29N3O3/c1-27-19-10-3-2-9-18(19)24-14-13-23(15-20(24)25)21(26)16-7-6-12-22-11-5-4-8-17(16)22/h2-3,9-10,16-17H,4-8,11-15H2,1H3/t16-,17-/m1/s1. The molecule has 0 aliphatic carbocycles. The average molecular weight is 371 g/mol. The predicted molar refractivity (Wildman–Crippen MR) is 104 cm³/mol. The van der Waals surface area contributed by atoms with Gasteiger partial charge in [0.05, 0.1) is 18.7 Å². The second-order valence-electron chi connectivity index (χ2n) is 7.82. The van der Waals surface area contributed by atoms with E-state index in [-0.39, 0.29) is 24.3 Å². The van der Waals surface area contributed by atoms with Crippen molar-refractivity contribution < 1.29 is 14.3 Å². The number of piperazine rings is 1. The van der Waals surface area contributed by atoms with Crippen LogP contribution in [0.2, 0.25) is 0 Å². The van der Waals surface area contributed by atoms with Crippen LogP contribution in [0.15, 0.2) is 24.3 Å². The summed E-state index contributed by atoms with van der Waals surface area (Å²) in [4.78, 5) is 32.1. The van der Waals surface area contributed by atoms with Gasteiger partial charge in [-0.05, 0) is 50.9 Å². The number of ether oxygens (including phenoxy) is 1. The first kappa shape index (κ1) is 18.3. The van der Waals surface area contributed by atoms with E-state index in [2.05, 4.69) is 4.90 Å². The summed E-state index contributed by atoms with van der Waals surface area (Å²) in [6, 6.07) is 7.94. The van der Waals surface area contributed by atoms with Crippen molar-refractivity contribution in [3.63, 3.8) is 0 Å². The van der Waals surface area contributed by atoms with E-state index in [0.29, 0.717) is 24.9 Å². The van der Waals surface area contributed by atoms with Gasteiger partial charge in [0, 0.05) is 19.1 Å². The van der Waals surface area contributed by atoms with E-state index in [0.717, 1.165) is 38.0 Å². The summed E-state index contributed by atoms with van der Waals surface area (Å²) in [7, 11) is 1.61. The van der Waals surface area contributed by atoms with E-state index in [4.69, 9.17) is 4.74 Å². The molecule has 27 heavy (non-hydrogen) atoms. The van der Waals surface area contributed by atoms with E-state index in [1.165, 1.54) is 12.8 Å². The molecule has 0 aromatic heterocycles. The number of hydrogen-bond acceptors (Lipinski definition) is 4. The molecule has 3 aliphatic rings. The molecule has 3 heterocycles. The molecule has 1 aromatic carbocycles. The Labute approximate surface area is 161 Å². The number of methoxy groups -OCH3 is 1. The van der Waals surface area contributed by atoms with Gasteiger partial charge in [0.15, 0.2) is 0 Å². The molecule has 4 rings (SSSR count). The third-order valence-electron chi connectivity index (χ3n) is 6.31. The van der Waals surface area contributed by atoms with Gasteiger partial charge >= 0.3 is 0 Å². The first-order chi connectivity index (χ1) is 13.2. The molecule has 0 spiro atoms. The first-order valence-corrected chi connectivity index (χ1v) is 10.2. The zero-order chi connectivity index (χ0) is 18.8. The van der Waals surface area contributed by atoms with Gasteiger partial charge in [-0.2, -0.15) is 0 Å². The molecule has 1 aromatic rings. The van der Waals surface area contributed by atoms with Crippen LogP contribution in [0.3, 0.4) is 0 Å². The number of carbonyl (C=O) groups is 2. The number of rotatable bonds is 3. The highest BCUT2D eigenvalue weighted by atomic mass is 16.5. The topological polar surface area (TPSA) is 53.1 Å². The Kier molecular flexibility index (Phi) is 5.34. The quantitative estimate of drug-likeness (QED) is 0.817. The van der Waals surface area contributed by atoms with Crippen molar-refractivity contribution in [2.24, 2.45) is 5.92 Å². The minimum absolute atomic E-state index is 0.0320. The minimum atomic E-state index is -0.0320. The Balaban J connectivity index is 1.44. The Hall–Kier alpha value is -2.08. The SMILES string of the molecule is COc1ccccc1N1CCN(C(=O)[C@@H]2CCCN3CCCC[C@H]23)CC1=O. The number of benzene rings is 1. The molecule has 3 fully saturated rings. The van der Waals surface area contributed by atoms with Crippen molar-refractivity contribution >= 4 is 17.5 Å². The van der Waals surface area contributed by atoms with Gasteiger partial charge in [0.1, 0.15) is 12.3 Å². The summed E-state index contributed by atoms with van der Waals surface area (Å²) in [5, 5.41) is 0. The van der Waals surface area contributed by atoms with Crippen LogP contribution in [-0.2, 0) is 9.59 Å². The van der Waals surface area contributed by atoms with Crippen molar-refractivity contribution in [3.05, 3.63) is 24.3 Å². The lowest BCUT2D eigenvalue weighted by Crippen LogP contribution is -2.58. The van der Waals surface area contributed by atoms with E-state index >= 15 is 0 Å². The van der Waals surface area contributed by atoms with Crippen molar-refractivity contribution in [2.75, 3.05) is 44.7 Å². The fourth-order valence-corrected chi connectivity index (χ4v) is 4.95. The lowest BCUT2D eigenvalue weighted by molar-refractivity contribution is -0.144. The molecule has 3 saturated heterocycles. The molecular formula is C21H29N3O3. The lowest BCUT2D eigenvalue weighted by atomic mass is 9.82. The summed E-state index contributed by atoms with van der Waals surface area (Å²) in [6.45, 7) is 3.52. The number of carbonyl (C=O) groups excluding carboxylic acids is 2. The maximum absolute atomic E-state index is 13.2. The maximum Gasteiger partial charge on any atom is 0.246 e. The summed E-state index contributed by atoms with van der Waals surface area (Å²) in [5.41, 5.74) is 0.785. The molecule has 2 atom stereocenters. The predicted octanol–water partition coefficient (Wildman–Crippen LogP) is 2.13. The molecule has 0 radical (unpaired) electrons. The van der Waals surface area contributed by atoms with E-state index in [1.54, 1.807) is 16.9 Å². The molecule has 6 heteroatoms. The van der Waals surface area contributed by atoms with Gasteiger partial charge in [-0.25, -0.2) is 0 Å². The molecule has 3 aliphatic heterocycles. The number of piperidine rings is 2. The van der Waals surface area contributed by atoms with Gasteiger partial charge in [-0.3, -0.25) is 14.5 Å². The zero-order valence-electron chi connectivity index (χ0n) is 16.1. The second-order valence-corrected chi connectivity index (χ2v) is 7.82. The molecule has 146 valence electrons. The van der Waals surface area contributed by atoms with Crippen molar-refractivity contribution in [3.8, 4) is 5.75 Å². The highest BCUT2D eigenvalue weighted by molar-refractivity contribution is 5.99. The van der Waals surface area contributed by atoms with Crippen LogP contribution in [0.5, 0.6) is 5.75 Å². The fourth-order valence-electron chi connectivity index (χ4n) is 4.95. The monoisotopic (exact) mass is 371 g/mol. The Morgan fingerprint density at radius 3 is 2.67 bits per heavy atom. The van der Waals surface area contributed by atoms with Gasteiger partial charge in [0.2, 0.25) is 11.8 Å². The maximum atomic E-state index is 13.2. The summed E-state index contributed by atoms with van der Waals surface area (Å²) in [6.07, 6.45) is 5.62. The summed E-state index contributed by atoms with van der Waals surface area (Å²) >= 11 is 0. The fraction of sp³-hybridized carbons (Fsp3) is 0.619. The molecular weight excluding hydrogens is 342 g/mol. The third kappa shape index (κ3) is 3.55. The van der Waals surface area contributed by atoms with Crippen LogP contribution in [0, 0.1) is 5.92 Å². The van der Waals surface area contributed by atoms with E-state index in [1.807, 2.05) is 24.3 Å². The van der Waals surface area contributed by atoms with Crippen LogP contribution in [0.1, 0.15) is 32.1 Å². The smallest absolute Gasteiger partial charge is 0.246 e. The Morgan fingerprint density at radius 2 is 1.85 bits per heavy atom. The number of hydrogen-bond donors (Lipinski definition) is 0. The summed E-state index contributed by atoms with van der Waals surface area (Å²) < 4.78 is 5.40. The lowest BCUT2D eigenvalue weighted by Gasteiger charge is -2.45. The van der Waals surface area contributed by atoms with Crippen molar-refractivity contribution in [2.45, 2.75) is 38.1 Å². The Bertz CT molecular complexity index is 706. The van der Waals surface area contributed by atoms with E-state index < -0.39 is 0 Å². The molecule has 0 bridgehead atoms. The minimum Gasteiger partial charge on any atom is -0.495 e. The van der Waals surface area contributed by atoms with Crippen LogP contribution in [0.25, 0.3) is 0 Å². The van der Waals surface area contributed by atoms with Gasteiger partial charge < -0.3 is 14.5 Å². The number of anilines is 1. The van der Waals surface area contributed by atoms with Crippen LogP contribution in [0.4, 0.5) is 5.69 Å². The highest BCUT2D eigenvalue weighted by Crippen LogP contribution is 2.33. The van der Waals surface area contributed by atoms with Gasteiger partial charge in [-0.1, -0.05) is 18.6 Å². The molecule has 6 nitrogen and oxygen atoms in total. The Morgan fingerprint density at radius 1 is 1.04 bits per heavy atom. The zero-order valence-corrected chi connectivity index (χ0v) is 16.1. The molecule has 2 amide bonds. The number of nitrogens with zero attached hydrogens (tertiary/aromatic N) is 3. The van der Waals surface area contributed by atoms with Crippen LogP contribution >= 0.6 is 0 Å². The van der Waals surface area contributed by atoms with Crippen LogP contribution in [-0.4, -0.2) is 67.5 Å². The van der Waals surface area contributed by atoms with Crippen molar-refractivity contribution in [1.29, 1.82) is 0 Å². The first-order valence-electron chi connectivity index (χ1n) is 10.2. The van der Waals surface area contributed by atoms with Crippen molar-refractivity contribution in [1.82, 2.24) is 9.80 Å². The average Bonchev–Trinajstić information content (AvgIpc) is 2.72. The number of fused-ring (bicyclic) bond motifs is 1. The number of amides is 2. The summed E-state index contributed by atoms with van der Waals surface area (Å²) in [5.74, 6) is 0.899. The second kappa shape index (κ2) is 7.89. The third-order valence-corrected chi connectivity index (χ3v) is 6.31. The van der Waals surface area contributed by atoms with Gasteiger partial charge in [0.25, 0.3) is 0 Å². The normalized spacial score (nSPS) is 26.6. The largest absolute Gasteiger partial charge is 0.495 e. The van der Waals surface area contributed by atoms with Crippen LogP contribution < -0.4 is 9.64 Å². The van der Waals surface area contributed by atoms with Gasteiger partial charge in [-0.15, -0.1) is 0 Å².